The van der Waals surface area contributed by atoms with Crippen molar-refractivity contribution >= 4 is 71.2 Å². The lowest BCUT2D eigenvalue weighted by atomic mass is 9.79. The molecular weight excluding hydrogens is 869 g/mol. The second-order valence-electron chi connectivity index (χ2n) is 23.0. The van der Waals surface area contributed by atoms with Crippen molar-refractivity contribution in [3.63, 3.8) is 0 Å². The van der Waals surface area contributed by atoms with E-state index in [2.05, 4.69) is 284 Å². The van der Waals surface area contributed by atoms with E-state index in [4.69, 9.17) is 0 Å². The van der Waals surface area contributed by atoms with E-state index in [1.807, 2.05) is 0 Å². The van der Waals surface area contributed by atoms with Crippen LogP contribution in [0.1, 0.15) is 79.0 Å². The normalized spacial score (nSPS) is 12.5. The molecule has 0 aliphatic heterocycles. The third-order valence-corrected chi connectivity index (χ3v) is 15.2. The minimum Gasteiger partial charge on any atom is -0.309 e. The molecule has 0 N–H and O–H groups in total. The molecular formula is C70H62N2. The van der Waals surface area contributed by atoms with Gasteiger partial charge in [0.25, 0.3) is 0 Å². The zero-order chi connectivity index (χ0) is 49.7. The highest BCUT2D eigenvalue weighted by molar-refractivity contribution is 6.27. The van der Waals surface area contributed by atoms with Gasteiger partial charge in [-0.25, -0.2) is 0 Å². The predicted octanol–water partition coefficient (Wildman–Crippen LogP) is 20.0. The second-order valence-corrected chi connectivity index (χ2v) is 23.0. The highest BCUT2D eigenvalue weighted by Gasteiger charge is 2.26. The van der Waals surface area contributed by atoms with Gasteiger partial charge in [0.1, 0.15) is 0 Å². The maximum absolute atomic E-state index is 2.54. The van der Waals surface area contributed by atoms with Crippen LogP contribution in [-0.4, -0.2) is 4.57 Å². The Hall–Kier alpha value is -7.94. The summed E-state index contributed by atoms with van der Waals surface area (Å²) in [4.78, 5) is 2.54. The molecule has 0 spiro atoms. The monoisotopic (exact) mass is 930 g/mol. The third kappa shape index (κ3) is 7.64. The van der Waals surface area contributed by atoms with Crippen molar-refractivity contribution in [2.24, 2.45) is 0 Å². The van der Waals surface area contributed by atoms with Gasteiger partial charge in [0.2, 0.25) is 0 Å². The van der Waals surface area contributed by atoms with Crippen molar-refractivity contribution in [2.75, 3.05) is 4.90 Å². The van der Waals surface area contributed by atoms with E-state index in [-0.39, 0.29) is 16.2 Å². The van der Waals surface area contributed by atoms with Crippen molar-refractivity contribution < 1.29 is 0 Å². The van der Waals surface area contributed by atoms with Crippen molar-refractivity contribution in [1.82, 2.24) is 4.57 Å². The van der Waals surface area contributed by atoms with E-state index in [1.165, 1.54) is 110 Å². The van der Waals surface area contributed by atoms with Crippen molar-refractivity contribution in [2.45, 2.75) is 78.6 Å². The van der Waals surface area contributed by atoms with Crippen LogP contribution in [0.25, 0.3) is 93.2 Å². The van der Waals surface area contributed by atoms with E-state index in [0.717, 1.165) is 17.1 Å². The van der Waals surface area contributed by atoms with Crippen LogP contribution < -0.4 is 4.90 Å². The molecule has 0 bridgehead atoms. The number of nitrogens with zero attached hydrogens (tertiary/aromatic N) is 2. The molecule has 72 heavy (non-hydrogen) atoms. The minimum absolute atomic E-state index is 0.0117. The average Bonchev–Trinajstić information content (AvgIpc) is 3.72. The van der Waals surface area contributed by atoms with Gasteiger partial charge in [-0.3, -0.25) is 0 Å². The molecule has 0 saturated heterocycles. The summed E-state index contributed by atoms with van der Waals surface area (Å²) in [5.74, 6) is 0. The molecule has 0 radical (unpaired) electrons. The maximum Gasteiger partial charge on any atom is 0.0541 e. The Morgan fingerprint density at radius 2 is 0.847 bits per heavy atom. The first kappa shape index (κ1) is 45.2. The Labute approximate surface area is 425 Å². The molecule has 2 heteroatoms. The van der Waals surface area contributed by atoms with Crippen molar-refractivity contribution in [3.8, 4) is 39.1 Å². The molecule has 1 aromatic heterocycles. The first-order chi connectivity index (χ1) is 34.6. The fourth-order valence-electron chi connectivity index (χ4n) is 11.3. The average molecular weight is 931 g/mol. The molecule has 12 aromatic rings. The number of para-hydroxylation sites is 3. The van der Waals surface area contributed by atoms with Gasteiger partial charge in [-0.1, -0.05) is 232 Å². The Morgan fingerprint density at radius 3 is 1.49 bits per heavy atom. The first-order valence-electron chi connectivity index (χ1n) is 25.7. The van der Waals surface area contributed by atoms with Gasteiger partial charge in [0.05, 0.1) is 28.1 Å². The molecule has 352 valence electrons. The van der Waals surface area contributed by atoms with Crippen LogP contribution in [0.15, 0.2) is 212 Å². The van der Waals surface area contributed by atoms with E-state index >= 15 is 0 Å². The smallest absolute Gasteiger partial charge is 0.0541 e. The lowest BCUT2D eigenvalue weighted by molar-refractivity contribution is 0.569. The quantitative estimate of drug-likeness (QED) is 0.145. The summed E-state index contributed by atoms with van der Waals surface area (Å²) in [6, 6.07) is 80.1. The number of benzene rings is 11. The molecule has 0 aliphatic carbocycles. The summed E-state index contributed by atoms with van der Waals surface area (Å²) in [6.45, 7) is 20.8. The standard InChI is InChI=1S/C70H62N2/c1-68(2,3)50-35-29-45(30-36-50)54-21-10-11-22-55(54)56-23-12-15-26-61(56)71(53-20-18-19-48(43-53)49-41-51(69(4,5)6)44-52(42-49)70(7,8)9)64-39-33-46-32-38-60-65(40-34-47-31-37-59(64)66(46)67(47)60)72-62-27-16-13-24-57(62)58-25-14-17-28-63(58)72/h10-44H,1-9H3. The summed E-state index contributed by atoms with van der Waals surface area (Å²) in [6.07, 6.45) is 0. The van der Waals surface area contributed by atoms with Gasteiger partial charge in [-0.2, -0.15) is 0 Å². The molecule has 0 unspecified atom stereocenters. The summed E-state index contributed by atoms with van der Waals surface area (Å²) >= 11 is 0. The lowest BCUT2D eigenvalue weighted by Gasteiger charge is -2.31. The zero-order valence-electron chi connectivity index (χ0n) is 43.1. The van der Waals surface area contributed by atoms with Gasteiger partial charge in [-0.05, 0) is 125 Å². The van der Waals surface area contributed by atoms with Gasteiger partial charge in [0.15, 0.2) is 0 Å². The summed E-state index contributed by atoms with van der Waals surface area (Å²) in [7, 11) is 0. The first-order valence-corrected chi connectivity index (χ1v) is 25.7. The minimum atomic E-state index is -0.0117. The molecule has 0 amide bonds. The van der Waals surface area contributed by atoms with E-state index in [1.54, 1.807) is 0 Å². The van der Waals surface area contributed by atoms with Crippen LogP contribution in [0.5, 0.6) is 0 Å². The SMILES string of the molecule is CC(C)(C)c1ccc(-c2ccccc2-c2ccccc2N(c2cccc(-c3cc(C(C)(C)C)cc(C(C)(C)C)c3)c2)c2ccc3ccc4c(-n5c6ccccc6c6ccccc65)ccc5ccc2c3c54)cc1. The van der Waals surface area contributed by atoms with Crippen LogP contribution in [-0.2, 0) is 16.2 Å². The summed E-state index contributed by atoms with van der Waals surface area (Å²) in [5.41, 5.74) is 18.2. The molecule has 1 heterocycles. The predicted molar refractivity (Wildman–Crippen MR) is 312 cm³/mol. The lowest BCUT2D eigenvalue weighted by Crippen LogP contribution is -2.16. The molecule has 0 saturated carbocycles. The van der Waals surface area contributed by atoms with E-state index < -0.39 is 0 Å². The highest BCUT2D eigenvalue weighted by Crippen LogP contribution is 2.49. The number of hydrogen-bond acceptors (Lipinski definition) is 1. The van der Waals surface area contributed by atoms with Crippen LogP contribution in [0, 0.1) is 0 Å². The van der Waals surface area contributed by atoms with Crippen LogP contribution in [0.2, 0.25) is 0 Å². The highest BCUT2D eigenvalue weighted by atomic mass is 15.1. The number of anilines is 3. The molecule has 2 nitrogen and oxygen atoms in total. The van der Waals surface area contributed by atoms with E-state index in [0.29, 0.717) is 0 Å². The largest absolute Gasteiger partial charge is 0.309 e. The molecule has 0 atom stereocenters. The number of hydrogen-bond donors (Lipinski definition) is 0. The van der Waals surface area contributed by atoms with Crippen LogP contribution in [0.3, 0.4) is 0 Å². The zero-order valence-corrected chi connectivity index (χ0v) is 43.1. The van der Waals surface area contributed by atoms with E-state index in [9.17, 15) is 0 Å². The number of rotatable bonds is 7. The van der Waals surface area contributed by atoms with Gasteiger partial charge >= 0.3 is 0 Å². The summed E-state index contributed by atoms with van der Waals surface area (Å²) in [5, 5.41) is 10.00. The van der Waals surface area contributed by atoms with Gasteiger partial charge in [-0.15, -0.1) is 0 Å². The Morgan fingerprint density at radius 1 is 0.319 bits per heavy atom. The number of aromatic nitrogens is 1. The maximum atomic E-state index is 2.54. The fraction of sp³-hybridized carbons (Fsp3) is 0.171. The Kier molecular flexibility index (Phi) is 10.6. The van der Waals surface area contributed by atoms with Crippen molar-refractivity contribution in [3.05, 3.63) is 229 Å². The third-order valence-electron chi connectivity index (χ3n) is 15.2. The Bertz CT molecular complexity index is 3950. The molecule has 0 aliphatic rings. The molecule has 11 aromatic carbocycles. The number of fused-ring (bicyclic) bond motifs is 3. The topological polar surface area (TPSA) is 8.17 Å². The Balaban J connectivity index is 1.12. The summed E-state index contributed by atoms with van der Waals surface area (Å²) < 4.78 is 2.47. The van der Waals surface area contributed by atoms with Gasteiger partial charge in [0, 0.05) is 32.8 Å². The second kappa shape index (κ2) is 16.8. The van der Waals surface area contributed by atoms with Crippen LogP contribution in [0.4, 0.5) is 17.1 Å². The molecule has 0 fully saturated rings. The molecule has 12 rings (SSSR count). The van der Waals surface area contributed by atoms with Gasteiger partial charge < -0.3 is 9.47 Å². The van der Waals surface area contributed by atoms with Crippen molar-refractivity contribution in [1.29, 1.82) is 0 Å². The fourth-order valence-corrected chi connectivity index (χ4v) is 11.3. The van der Waals surface area contributed by atoms with Crippen LogP contribution >= 0.6 is 0 Å².